The molecule has 0 atom stereocenters. The van der Waals surface area contributed by atoms with E-state index in [0.29, 0.717) is 0 Å². The fourth-order valence-electron chi connectivity index (χ4n) is 3.02. The Kier molecular flexibility index (Phi) is 2.52. The molecule has 2 aliphatic rings. The van der Waals surface area contributed by atoms with Crippen molar-refractivity contribution in [2.75, 3.05) is 20.3 Å². The Labute approximate surface area is 105 Å². The fourth-order valence-corrected chi connectivity index (χ4v) is 4.46. The molecule has 92 valence electrons. The van der Waals surface area contributed by atoms with Crippen LogP contribution in [0.1, 0.15) is 40.6 Å². The number of hydrogen-bond donors (Lipinski definition) is 0. The van der Waals surface area contributed by atoms with Crippen molar-refractivity contribution in [1.29, 1.82) is 0 Å². The molecule has 3 nitrogen and oxygen atoms in total. The molecule has 1 spiro atoms. The number of hydrogen-bond acceptors (Lipinski definition) is 3. The van der Waals surface area contributed by atoms with E-state index in [9.17, 15) is 4.79 Å². The Hall–Kier alpha value is -0.870. The van der Waals surface area contributed by atoms with Crippen molar-refractivity contribution >= 4 is 17.2 Å². The lowest BCUT2D eigenvalue weighted by Crippen LogP contribution is -2.45. The molecule has 3 heterocycles. The molecule has 1 fully saturated rings. The molecular weight excluding hydrogens is 234 g/mol. The number of carbonyl (C=O) groups is 1. The molecule has 0 bridgehead atoms. The summed E-state index contributed by atoms with van der Waals surface area (Å²) in [6.45, 7) is 3.64. The molecule has 4 heteroatoms. The van der Waals surface area contributed by atoms with E-state index < -0.39 is 0 Å². The summed E-state index contributed by atoms with van der Waals surface area (Å²) in [6.07, 6.45) is 2.82. The fraction of sp³-hybridized carbons (Fsp3) is 0.615. The van der Waals surface area contributed by atoms with E-state index in [1.165, 1.54) is 10.4 Å². The van der Waals surface area contributed by atoms with Crippen LogP contribution in [0.15, 0.2) is 5.38 Å². The van der Waals surface area contributed by atoms with Crippen LogP contribution < -0.4 is 0 Å². The summed E-state index contributed by atoms with van der Waals surface area (Å²) in [5.74, 6) is 0.208. The normalized spacial score (nSPS) is 22.2. The van der Waals surface area contributed by atoms with Gasteiger partial charge in [-0.15, -0.1) is 11.3 Å². The van der Waals surface area contributed by atoms with Gasteiger partial charge < -0.3 is 9.64 Å². The first kappa shape index (κ1) is 11.2. The maximum absolute atomic E-state index is 12.4. The third-order valence-corrected chi connectivity index (χ3v) is 5.37. The third kappa shape index (κ3) is 1.34. The largest absolute Gasteiger partial charge is 0.381 e. The predicted molar refractivity (Wildman–Crippen MR) is 67.5 cm³/mol. The summed E-state index contributed by atoms with van der Waals surface area (Å²) < 4.78 is 5.45. The number of rotatable bonds is 1. The summed E-state index contributed by atoms with van der Waals surface area (Å²) in [6, 6.07) is 0. The zero-order valence-corrected chi connectivity index (χ0v) is 11.1. The Bertz CT molecular complexity index is 460. The van der Waals surface area contributed by atoms with Crippen LogP contribution in [-0.4, -0.2) is 31.1 Å². The van der Waals surface area contributed by atoms with Gasteiger partial charge in [-0.05, 0) is 30.2 Å². The molecule has 0 saturated carbocycles. The highest BCUT2D eigenvalue weighted by Crippen LogP contribution is 2.48. The maximum atomic E-state index is 12.4. The molecule has 1 aromatic heterocycles. The molecule has 0 radical (unpaired) electrons. The van der Waals surface area contributed by atoms with Crippen molar-refractivity contribution in [1.82, 2.24) is 4.90 Å². The number of ether oxygens (including phenoxy) is 1. The van der Waals surface area contributed by atoms with Crippen LogP contribution >= 0.6 is 11.3 Å². The van der Waals surface area contributed by atoms with Crippen LogP contribution in [-0.2, 0) is 16.7 Å². The quantitative estimate of drug-likeness (QED) is 0.767. The van der Waals surface area contributed by atoms with Gasteiger partial charge in [0, 0.05) is 25.1 Å². The monoisotopic (exact) mass is 251 g/mol. The lowest BCUT2D eigenvalue weighted by molar-refractivity contribution is -0.00470. The highest BCUT2D eigenvalue weighted by atomic mass is 32.1. The zero-order chi connectivity index (χ0) is 12.0. The van der Waals surface area contributed by atoms with Gasteiger partial charge in [-0.2, -0.15) is 0 Å². The van der Waals surface area contributed by atoms with Gasteiger partial charge in [0.15, 0.2) is 0 Å². The van der Waals surface area contributed by atoms with Crippen LogP contribution in [0.5, 0.6) is 0 Å². The minimum Gasteiger partial charge on any atom is -0.381 e. The van der Waals surface area contributed by atoms with Crippen LogP contribution in [0.25, 0.3) is 0 Å². The zero-order valence-electron chi connectivity index (χ0n) is 10.3. The minimum absolute atomic E-state index is 0.0667. The van der Waals surface area contributed by atoms with Gasteiger partial charge in [-0.25, -0.2) is 0 Å². The first-order valence-electron chi connectivity index (χ1n) is 6.17. The number of nitrogens with zero attached hydrogens (tertiary/aromatic N) is 1. The van der Waals surface area contributed by atoms with Crippen molar-refractivity contribution in [2.45, 2.75) is 31.7 Å². The van der Waals surface area contributed by atoms with Gasteiger partial charge in [0.1, 0.15) is 0 Å². The molecule has 0 N–H and O–H groups in total. The van der Waals surface area contributed by atoms with Crippen molar-refractivity contribution in [3.63, 3.8) is 0 Å². The lowest BCUT2D eigenvalue weighted by Gasteiger charge is -2.39. The van der Waals surface area contributed by atoms with Crippen LogP contribution in [0.2, 0.25) is 0 Å². The lowest BCUT2D eigenvalue weighted by atomic mass is 9.88. The highest BCUT2D eigenvalue weighted by molar-refractivity contribution is 7.10. The van der Waals surface area contributed by atoms with Crippen LogP contribution in [0, 0.1) is 0 Å². The Balaban J connectivity index is 2.13. The standard InChI is InChI=1S/C13H17NO2S/c1-3-9-8-17-11-10(9)12(15)14(2)13(11)4-6-16-7-5-13/h8H,3-7H2,1-2H3. The van der Waals surface area contributed by atoms with Gasteiger partial charge in [0.05, 0.1) is 11.1 Å². The summed E-state index contributed by atoms with van der Waals surface area (Å²) in [5, 5.41) is 2.16. The van der Waals surface area contributed by atoms with E-state index in [-0.39, 0.29) is 11.4 Å². The molecule has 0 unspecified atom stereocenters. The maximum Gasteiger partial charge on any atom is 0.255 e. The van der Waals surface area contributed by atoms with Gasteiger partial charge in [-0.3, -0.25) is 4.79 Å². The molecule has 0 aromatic carbocycles. The van der Waals surface area contributed by atoms with Crippen molar-refractivity contribution < 1.29 is 9.53 Å². The van der Waals surface area contributed by atoms with Gasteiger partial charge >= 0.3 is 0 Å². The van der Waals surface area contributed by atoms with Crippen molar-refractivity contribution in [3.05, 3.63) is 21.4 Å². The minimum atomic E-state index is -0.0667. The van der Waals surface area contributed by atoms with Gasteiger partial charge in [0.25, 0.3) is 5.91 Å². The van der Waals surface area contributed by atoms with Crippen LogP contribution in [0.4, 0.5) is 0 Å². The van der Waals surface area contributed by atoms with E-state index in [2.05, 4.69) is 12.3 Å². The van der Waals surface area contributed by atoms with Gasteiger partial charge in [0.2, 0.25) is 0 Å². The number of fused-ring (bicyclic) bond motifs is 2. The molecule has 1 aromatic rings. The third-order valence-electron chi connectivity index (χ3n) is 4.15. The van der Waals surface area contributed by atoms with E-state index in [0.717, 1.165) is 38.0 Å². The highest BCUT2D eigenvalue weighted by Gasteiger charge is 2.50. The Morgan fingerprint density at radius 3 is 2.82 bits per heavy atom. The Morgan fingerprint density at radius 1 is 1.47 bits per heavy atom. The first-order chi connectivity index (χ1) is 8.20. The van der Waals surface area contributed by atoms with E-state index >= 15 is 0 Å². The summed E-state index contributed by atoms with van der Waals surface area (Å²) in [4.78, 5) is 15.6. The van der Waals surface area contributed by atoms with Crippen molar-refractivity contribution in [3.8, 4) is 0 Å². The number of carbonyl (C=O) groups excluding carboxylic acids is 1. The number of aryl methyl sites for hydroxylation is 1. The molecule has 0 aliphatic carbocycles. The SMILES string of the molecule is CCc1csc2c1C(=O)N(C)C21CCOCC1. The second kappa shape index (κ2) is 3.82. The molecule has 3 rings (SSSR count). The summed E-state index contributed by atoms with van der Waals surface area (Å²) in [7, 11) is 1.94. The number of thiophene rings is 1. The summed E-state index contributed by atoms with van der Waals surface area (Å²) >= 11 is 1.76. The van der Waals surface area contributed by atoms with Crippen molar-refractivity contribution in [2.24, 2.45) is 0 Å². The van der Waals surface area contributed by atoms with Gasteiger partial charge in [-0.1, -0.05) is 6.92 Å². The molecule has 17 heavy (non-hydrogen) atoms. The second-order valence-corrected chi connectivity index (χ2v) is 5.71. The molecule has 1 amide bonds. The molecular formula is C13H17NO2S. The average Bonchev–Trinajstić information content (AvgIpc) is 2.88. The second-order valence-electron chi connectivity index (χ2n) is 4.83. The molecule has 1 saturated heterocycles. The first-order valence-corrected chi connectivity index (χ1v) is 7.05. The smallest absolute Gasteiger partial charge is 0.255 e. The van der Waals surface area contributed by atoms with E-state index in [1.54, 1.807) is 11.3 Å². The van der Waals surface area contributed by atoms with E-state index in [1.807, 2.05) is 11.9 Å². The van der Waals surface area contributed by atoms with Crippen LogP contribution in [0.3, 0.4) is 0 Å². The molecule has 2 aliphatic heterocycles. The number of amides is 1. The topological polar surface area (TPSA) is 29.5 Å². The predicted octanol–water partition coefficient (Wildman–Crippen LogP) is 2.40. The van der Waals surface area contributed by atoms with E-state index in [4.69, 9.17) is 4.74 Å². The summed E-state index contributed by atoms with van der Waals surface area (Å²) in [5.41, 5.74) is 2.13. The average molecular weight is 251 g/mol. The Morgan fingerprint density at radius 2 is 2.18 bits per heavy atom.